The Bertz CT molecular complexity index is 601. The maximum absolute atomic E-state index is 12.6. The van der Waals surface area contributed by atoms with Crippen molar-refractivity contribution in [2.75, 3.05) is 17.7 Å². The molecule has 20 heavy (non-hydrogen) atoms. The van der Waals surface area contributed by atoms with Crippen LogP contribution in [-0.4, -0.2) is 22.7 Å². The molecule has 0 saturated carbocycles. The van der Waals surface area contributed by atoms with Crippen LogP contribution in [0.25, 0.3) is 0 Å². The van der Waals surface area contributed by atoms with Crippen molar-refractivity contribution >= 4 is 17.3 Å². The molecule has 0 spiro atoms. The van der Waals surface area contributed by atoms with Crippen LogP contribution < -0.4 is 10.6 Å². The standard InChI is InChI=1S/C15H20N4O/c1-4-12-10-14(19(5-2)17-12)15(20)18(3)13-8-6-11(16)7-9-13/h6-10H,4-5,16H2,1-3H3. The zero-order chi connectivity index (χ0) is 14.7. The third kappa shape index (κ3) is 2.66. The van der Waals surface area contributed by atoms with Gasteiger partial charge in [-0.15, -0.1) is 0 Å². The number of aromatic nitrogens is 2. The normalized spacial score (nSPS) is 10.6. The smallest absolute Gasteiger partial charge is 0.276 e. The Morgan fingerprint density at radius 3 is 2.50 bits per heavy atom. The molecule has 0 radical (unpaired) electrons. The van der Waals surface area contributed by atoms with Gasteiger partial charge in [0.25, 0.3) is 5.91 Å². The minimum absolute atomic E-state index is 0.0659. The van der Waals surface area contributed by atoms with E-state index in [0.29, 0.717) is 17.9 Å². The van der Waals surface area contributed by atoms with Gasteiger partial charge >= 0.3 is 0 Å². The van der Waals surface area contributed by atoms with Crippen molar-refractivity contribution in [3.63, 3.8) is 0 Å². The molecule has 2 N–H and O–H groups in total. The zero-order valence-electron chi connectivity index (χ0n) is 12.1. The van der Waals surface area contributed by atoms with Crippen LogP contribution in [0.2, 0.25) is 0 Å². The fraction of sp³-hybridized carbons (Fsp3) is 0.333. The van der Waals surface area contributed by atoms with E-state index in [-0.39, 0.29) is 5.91 Å². The van der Waals surface area contributed by atoms with Gasteiger partial charge in [-0.25, -0.2) is 0 Å². The predicted molar refractivity (Wildman–Crippen MR) is 80.9 cm³/mol. The number of aryl methyl sites for hydroxylation is 2. The van der Waals surface area contributed by atoms with Crippen LogP contribution in [0.5, 0.6) is 0 Å². The number of nitrogens with two attached hydrogens (primary N) is 1. The topological polar surface area (TPSA) is 64.2 Å². The van der Waals surface area contributed by atoms with Crippen LogP contribution in [0.3, 0.4) is 0 Å². The summed E-state index contributed by atoms with van der Waals surface area (Å²) in [6.45, 7) is 4.68. The first kappa shape index (κ1) is 14.1. The van der Waals surface area contributed by atoms with Gasteiger partial charge in [-0.2, -0.15) is 5.10 Å². The average molecular weight is 272 g/mol. The van der Waals surface area contributed by atoms with Crippen molar-refractivity contribution in [2.45, 2.75) is 26.8 Å². The van der Waals surface area contributed by atoms with Crippen LogP contribution in [-0.2, 0) is 13.0 Å². The Morgan fingerprint density at radius 2 is 1.95 bits per heavy atom. The van der Waals surface area contributed by atoms with Crippen LogP contribution in [0.1, 0.15) is 30.0 Å². The van der Waals surface area contributed by atoms with E-state index in [1.807, 2.05) is 32.0 Å². The Hall–Kier alpha value is -2.30. The molecule has 0 atom stereocenters. The van der Waals surface area contributed by atoms with Crippen LogP contribution in [0, 0.1) is 0 Å². The highest BCUT2D eigenvalue weighted by Crippen LogP contribution is 2.18. The van der Waals surface area contributed by atoms with E-state index in [0.717, 1.165) is 17.8 Å². The number of carbonyl (C=O) groups is 1. The number of amides is 1. The van der Waals surface area contributed by atoms with Crippen molar-refractivity contribution in [1.82, 2.24) is 9.78 Å². The van der Waals surface area contributed by atoms with E-state index in [2.05, 4.69) is 5.10 Å². The van der Waals surface area contributed by atoms with Gasteiger partial charge in [-0.05, 0) is 43.7 Å². The van der Waals surface area contributed by atoms with Gasteiger partial charge in [0, 0.05) is 25.0 Å². The van der Waals surface area contributed by atoms with Gasteiger partial charge in [0.15, 0.2) is 0 Å². The maximum Gasteiger partial charge on any atom is 0.276 e. The van der Waals surface area contributed by atoms with Crippen molar-refractivity contribution in [1.29, 1.82) is 0 Å². The molecule has 0 fully saturated rings. The lowest BCUT2D eigenvalue weighted by molar-refractivity contribution is 0.0983. The fourth-order valence-electron chi connectivity index (χ4n) is 2.04. The average Bonchev–Trinajstić information content (AvgIpc) is 2.90. The molecule has 106 valence electrons. The molecule has 0 saturated heterocycles. The summed E-state index contributed by atoms with van der Waals surface area (Å²) in [5, 5.41) is 4.41. The van der Waals surface area contributed by atoms with Gasteiger partial charge in [-0.1, -0.05) is 6.92 Å². The Labute approximate surface area is 119 Å². The van der Waals surface area contributed by atoms with E-state index in [9.17, 15) is 4.79 Å². The summed E-state index contributed by atoms with van der Waals surface area (Å²) in [5.74, 6) is -0.0659. The second-order valence-corrected chi connectivity index (χ2v) is 4.65. The molecule has 0 unspecified atom stereocenters. The quantitative estimate of drug-likeness (QED) is 0.869. The number of hydrogen-bond donors (Lipinski definition) is 1. The molecule has 1 aromatic heterocycles. The number of carbonyl (C=O) groups excluding carboxylic acids is 1. The first-order valence-corrected chi connectivity index (χ1v) is 6.77. The van der Waals surface area contributed by atoms with Crippen LogP contribution in [0.15, 0.2) is 30.3 Å². The molecular formula is C15H20N4O. The van der Waals surface area contributed by atoms with Crippen molar-refractivity contribution in [3.8, 4) is 0 Å². The lowest BCUT2D eigenvalue weighted by Crippen LogP contribution is -2.28. The summed E-state index contributed by atoms with van der Waals surface area (Å²) >= 11 is 0. The lowest BCUT2D eigenvalue weighted by Gasteiger charge is -2.17. The van der Waals surface area contributed by atoms with E-state index < -0.39 is 0 Å². The third-order valence-corrected chi connectivity index (χ3v) is 3.30. The number of nitrogens with zero attached hydrogens (tertiary/aromatic N) is 3. The summed E-state index contributed by atoms with van der Waals surface area (Å²) in [4.78, 5) is 14.2. The highest BCUT2D eigenvalue weighted by Gasteiger charge is 2.19. The molecular weight excluding hydrogens is 252 g/mol. The minimum atomic E-state index is -0.0659. The van der Waals surface area contributed by atoms with Crippen LogP contribution >= 0.6 is 0 Å². The Kier molecular flexibility index (Phi) is 4.08. The van der Waals surface area contributed by atoms with E-state index in [1.54, 1.807) is 28.8 Å². The molecule has 0 aliphatic rings. The molecule has 0 aliphatic heterocycles. The number of hydrogen-bond acceptors (Lipinski definition) is 3. The molecule has 0 aliphatic carbocycles. The summed E-state index contributed by atoms with van der Waals surface area (Å²) in [5.41, 5.74) is 8.70. The van der Waals surface area contributed by atoms with Crippen molar-refractivity contribution in [3.05, 3.63) is 41.7 Å². The fourth-order valence-corrected chi connectivity index (χ4v) is 2.04. The summed E-state index contributed by atoms with van der Waals surface area (Å²) in [6, 6.07) is 9.10. The molecule has 1 amide bonds. The van der Waals surface area contributed by atoms with Crippen molar-refractivity contribution < 1.29 is 4.79 Å². The van der Waals surface area contributed by atoms with Crippen molar-refractivity contribution in [2.24, 2.45) is 0 Å². The molecule has 5 nitrogen and oxygen atoms in total. The lowest BCUT2D eigenvalue weighted by atomic mass is 10.2. The van der Waals surface area contributed by atoms with Gasteiger partial charge in [0.1, 0.15) is 5.69 Å². The summed E-state index contributed by atoms with van der Waals surface area (Å²) in [6.07, 6.45) is 0.818. The first-order valence-electron chi connectivity index (χ1n) is 6.77. The molecule has 2 rings (SSSR count). The largest absolute Gasteiger partial charge is 0.399 e. The predicted octanol–water partition coefficient (Wildman–Crippen LogP) is 2.32. The van der Waals surface area contributed by atoms with E-state index >= 15 is 0 Å². The monoisotopic (exact) mass is 272 g/mol. The second kappa shape index (κ2) is 5.77. The van der Waals surface area contributed by atoms with E-state index in [4.69, 9.17) is 5.73 Å². The molecule has 5 heteroatoms. The van der Waals surface area contributed by atoms with Gasteiger partial charge in [-0.3, -0.25) is 9.48 Å². The molecule has 1 aromatic carbocycles. The SMILES string of the molecule is CCc1cc(C(=O)N(C)c2ccc(N)cc2)n(CC)n1. The molecule has 0 bridgehead atoms. The minimum Gasteiger partial charge on any atom is -0.399 e. The number of rotatable bonds is 4. The zero-order valence-corrected chi connectivity index (χ0v) is 12.1. The van der Waals surface area contributed by atoms with Crippen LogP contribution in [0.4, 0.5) is 11.4 Å². The summed E-state index contributed by atoms with van der Waals surface area (Å²) < 4.78 is 1.75. The van der Waals surface area contributed by atoms with Gasteiger partial charge < -0.3 is 10.6 Å². The second-order valence-electron chi connectivity index (χ2n) is 4.65. The number of anilines is 2. The highest BCUT2D eigenvalue weighted by atomic mass is 16.2. The molecule has 1 heterocycles. The van der Waals surface area contributed by atoms with Gasteiger partial charge in [0.2, 0.25) is 0 Å². The number of benzene rings is 1. The first-order chi connectivity index (χ1) is 9.56. The Morgan fingerprint density at radius 1 is 1.30 bits per heavy atom. The summed E-state index contributed by atoms with van der Waals surface area (Å²) in [7, 11) is 1.76. The maximum atomic E-state index is 12.6. The third-order valence-electron chi connectivity index (χ3n) is 3.30. The Balaban J connectivity index is 2.30. The molecule has 2 aromatic rings. The van der Waals surface area contributed by atoms with Gasteiger partial charge in [0.05, 0.1) is 5.69 Å². The van der Waals surface area contributed by atoms with E-state index in [1.165, 1.54) is 0 Å². The highest BCUT2D eigenvalue weighted by molar-refractivity contribution is 6.04. The number of nitrogen functional groups attached to an aromatic ring is 1.